The molecular formula is C15H17N3O2. The van der Waals surface area contributed by atoms with Crippen molar-refractivity contribution < 1.29 is 9.53 Å². The molecule has 104 valence electrons. The summed E-state index contributed by atoms with van der Waals surface area (Å²) in [5.41, 5.74) is 4.62. The fourth-order valence-electron chi connectivity index (χ4n) is 1.83. The molecule has 2 aromatic carbocycles. The van der Waals surface area contributed by atoms with Crippen LogP contribution in [0.3, 0.4) is 0 Å². The molecule has 0 radical (unpaired) electrons. The monoisotopic (exact) mass is 271 g/mol. The molecule has 0 fully saturated rings. The number of urea groups is 1. The highest BCUT2D eigenvalue weighted by Crippen LogP contribution is 2.29. The van der Waals surface area contributed by atoms with Crippen LogP contribution in [0.4, 0.5) is 10.5 Å². The molecule has 2 aromatic rings. The second-order valence-electron chi connectivity index (χ2n) is 4.32. The van der Waals surface area contributed by atoms with Crippen molar-refractivity contribution >= 4 is 11.7 Å². The number of ether oxygens (including phenoxy) is 1. The first-order chi connectivity index (χ1) is 9.70. The summed E-state index contributed by atoms with van der Waals surface area (Å²) in [5.74, 6) is 5.71. The van der Waals surface area contributed by atoms with Crippen molar-refractivity contribution in [1.82, 2.24) is 5.43 Å². The first-order valence-electron chi connectivity index (χ1n) is 6.24. The largest absolute Gasteiger partial charge is 0.486 e. The molecule has 2 rings (SSSR count). The van der Waals surface area contributed by atoms with Crippen LogP contribution >= 0.6 is 0 Å². The van der Waals surface area contributed by atoms with Crippen LogP contribution < -0.4 is 21.3 Å². The molecule has 0 saturated carbocycles. The Morgan fingerprint density at radius 3 is 2.60 bits per heavy atom. The van der Waals surface area contributed by atoms with Crippen LogP contribution in [-0.2, 0) is 6.61 Å². The maximum Gasteiger partial charge on any atom is 0.333 e. The molecule has 0 bridgehead atoms. The number of carbonyl (C=O) groups excluding carboxylic acids is 1. The molecule has 0 aliphatic heterocycles. The lowest BCUT2D eigenvalue weighted by atomic mass is 10.2. The van der Waals surface area contributed by atoms with E-state index >= 15 is 0 Å². The Morgan fingerprint density at radius 1 is 1.15 bits per heavy atom. The number of para-hydroxylation sites is 1. The minimum atomic E-state index is -0.486. The molecule has 2 amide bonds. The van der Waals surface area contributed by atoms with E-state index in [1.807, 2.05) is 54.8 Å². The van der Waals surface area contributed by atoms with Gasteiger partial charge in [0.1, 0.15) is 12.4 Å². The van der Waals surface area contributed by atoms with Crippen LogP contribution in [-0.4, -0.2) is 6.03 Å². The smallest absolute Gasteiger partial charge is 0.333 e. The van der Waals surface area contributed by atoms with E-state index in [1.165, 1.54) is 0 Å². The number of amides is 2. The van der Waals surface area contributed by atoms with E-state index in [4.69, 9.17) is 10.6 Å². The number of aryl methyl sites for hydroxylation is 1. The van der Waals surface area contributed by atoms with Gasteiger partial charge in [0.15, 0.2) is 0 Å². The van der Waals surface area contributed by atoms with Gasteiger partial charge in [-0.25, -0.2) is 10.6 Å². The maximum atomic E-state index is 11.3. The third-order valence-electron chi connectivity index (χ3n) is 2.82. The summed E-state index contributed by atoms with van der Waals surface area (Å²) in [6.07, 6.45) is 0. The van der Waals surface area contributed by atoms with Crippen molar-refractivity contribution in [3.63, 3.8) is 0 Å². The van der Waals surface area contributed by atoms with Crippen molar-refractivity contribution in [2.24, 2.45) is 5.84 Å². The Hall–Kier alpha value is -2.53. The number of rotatable bonds is 4. The van der Waals surface area contributed by atoms with Crippen molar-refractivity contribution in [1.29, 1.82) is 0 Å². The summed E-state index contributed by atoms with van der Waals surface area (Å²) in [6.45, 7) is 2.36. The molecular weight excluding hydrogens is 254 g/mol. The van der Waals surface area contributed by atoms with Crippen LogP contribution in [0.25, 0.3) is 0 Å². The zero-order valence-electron chi connectivity index (χ0n) is 11.2. The molecule has 0 heterocycles. The number of hydrogen-bond donors (Lipinski definition) is 3. The number of nitrogens with one attached hydrogen (secondary N) is 2. The van der Waals surface area contributed by atoms with Crippen LogP contribution in [0.15, 0.2) is 48.5 Å². The van der Waals surface area contributed by atoms with Gasteiger partial charge in [-0.05, 0) is 24.1 Å². The van der Waals surface area contributed by atoms with Gasteiger partial charge in [-0.2, -0.15) is 0 Å². The maximum absolute atomic E-state index is 11.3. The predicted octanol–water partition coefficient (Wildman–Crippen LogP) is 2.57. The van der Waals surface area contributed by atoms with Crippen LogP contribution in [0.1, 0.15) is 11.1 Å². The molecule has 0 spiro atoms. The van der Waals surface area contributed by atoms with Gasteiger partial charge >= 0.3 is 6.03 Å². The number of hydrazine groups is 1. The topological polar surface area (TPSA) is 76.4 Å². The van der Waals surface area contributed by atoms with Crippen molar-refractivity contribution in [3.05, 3.63) is 59.7 Å². The summed E-state index contributed by atoms with van der Waals surface area (Å²) >= 11 is 0. The Morgan fingerprint density at radius 2 is 1.90 bits per heavy atom. The van der Waals surface area contributed by atoms with E-state index in [0.29, 0.717) is 18.0 Å². The third kappa shape index (κ3) is 3.49. The number of nitrogens with two attached hydrogens (primary N) is 1. The van der Waals surface area contributed by atoms with Gasteiger partial charge in [-0.3, -0.25) is 5.43 Å². The molecule has 4 N–H and O–H groups in total. The minimum absolute atomic E-state index is 0.435. The Balaban J connectivity index is 2.15. The molecule has 5 nitrogen and oxygen atoms in total. The van der Waals surface area contributed by atoms with Gasteiger partial charge in [0.25, 0.3) is 0 Å². The Bertz CT molecular complexity index is 585. The second-order valence-corrected chi connectivity index (χ2v) is 4.32. The predicted molar refractivity (Wildman–Crippen MR) is 78.3 cm³/mol. The average molecular weight is 271 g/mol. The van der Waals surface area contributed by atoms with Crippen LogP contribution in [0.2, 0.25) is 0 Å². The van der Waals surface area contributed by atoms with Gasteiger partial charge < -0.3 is 10.1 Å². The Kier molecular flexibility index (Phi) is 4.57. The van der Waals surface area contributed by atoms with Gasteiger partial charge in [0, 0.05) is 0 Å². The van der Waals surface area contributed by atoms with Crippen LogP contribution in [0, 0.1) is 6.92 Å². The van der Waals surface area contributed by atoms with Gasteiger partial charge in [-0.1, -0.05) is 42.5 Å². The molecule has 0 unspecified atom stereocenters. The Labute approximate surface area is 117 Å². The zero-order valence-corrected chi connectivity index (χ0v) is 11.2. The summed E-state index contributed by atoms with van der Waals surface area (Å²) in [7, 11) is 0. The summed E-state index contributed by atoms with van der Waals surface area (Å²) in [5, 5.41) is 2.64. The van der Waals surface area contributed by atoms with E-state index < -0.39 is 6.03 Å². The summed E-state index contributed by atoms with van der Waals surface area (Å²) < 4.78 is 5.82. The molecule has 20 heavy (non-hydrogen) atoms. The second kappa shape index (κ2) is 6.58. The molecule has 0 aliphatic carbocycles. The van der Waals surface area contributed by atoms with E-state index in [1.54, 1.807) is 6.07 Å². The molecule has 5 heteroatoms. The van der Waals surface area contributed by atoms with Crippen molar-refractivity contribution in [2.45, 2.75) is 13.5 Å². The lowest BCUT2D eigenvalue weighted by molar-refractivity contribution is 0.252. The first-order valence-corrected chi connectivity index (χ1v) is 6.24. The minimum Gasteiger partial charge on any atom is -0.486 e. The first kappa shape index (κ1) is 13.9. The lowest BCUT2D eigenvalue weighted by Gasteiger charge is -2.14. The average Bonchev–Trinajstić information content (AvgIpc) is 2.47. The van der Waals surface area contributed by atoms with E-state index in [-0.39, 0.29) is 0 Å². The zero-order chi connectivity index (χ0) is 14.4. The van der Waals surface area contributed by atoms with E-state index in [2.05, 4.69) is 5.32 Å². The SMILES string of the molecule is Cc1cccc(NC(=O)NN)c1OCc1ccccc1. The fourth-order valence-corrected chi connectivity index (χ4v) is 1.83. The number of anilines is 1. The van der Waals surface area contributed by atoms with Crippen molar-refractivity contribution in [3.8, 4) is 5.75 Å². The highest BCUT2D eigenvalue weighted by atomic mass is 16.5. The highest BCUT2D eigenvalue weighted by Gasteiger charge is 2.09. The van der Waals surface area contributed by atoms with Crippen LogP contribution in [0.5, 0.6) is 5.75 Å². The molecule has 0 saturated heterocycles. The highest BCUT2D eigenvalue weighted by molar-refractivity contribution is 5.90. The van der Waals surface area contributed by atoms with E-state index in [0.717, 1.165) is 11.1 Å². The lowest BCUT2D eigenvalue weighted by Crippen LogP contribution is -2.34. The standard InChI is InChI=1S/C15H17N3O2/c1-11-6-5-9-13(17-15(19)18-16)14(11)20-10-12-7-3-2-4-8-12/h2-9H,10,16H2,1H3,(H2,17,18,19). The number of hydrogen-bond acceptors (Lipinski definition) is 3. The summed E-state index contributed by atoms with van der Waals surface area (Å²) in [4.78, 5) is 11.3. The number of carbonyl (C=O) groups is 1. The molecule has 0 aliphatic rings. The van der Waals surface area contributed by atoms with Gasteiger partial charge in [0.05, 0.1) is 5.69 Å². The molecule has 0 aromatic heterocycles. The van der Waals surface area contributed by atoms with E-state index in [9.17, 15) is 4.79 Å². The van der Waals surface area contributed by atoms with Gasteiger partial charge in [-0.15, -0.1) is 0 Å². The normalized spacial score (nSPS) is 9.90. The fraction of sp³-hybridized carbons (Fsp3) is 0.133. The van der Waals surface area contributed by atoms with Gasteiger partial charge in [0.2, 0.25) is 0 Å². The third-order valence-corrected chi connectivity index (χ3v) is 2.82. The molecule has 0 atom stereocenters. The quantitative estimate of drug-likeness (QED) is 0.454. The number of benzene rings is 2. The van der Waals surface area contributed by atoms with Crippen molar-refractivity contribution in [2.75, 3.05) is 5.32 Å². The summed E-state index contributed by atoms with van der Waals surface area (Å²) in [6, 6.07) is 14.9.